The predicted octanol–water partition coefficient (Wildman–Crippen LogP) is 2.02. The van der Waals surface area contributed by atoms with Gasteiger partial charge in [-0.15, -0.1) is 0 Å². The smallest absolute Gasteiger partial charge is 0.338 e. The highest BCUT2D eigenvalue weighted by molar-refractivity contribution is 6.30. The zero-order chi connectivity index (χ0) is 17.7. The minimum atomic E-state index is -0.595. The first-order valence-corrected chi connectivity index (χ1v) is 7.70. The fourth-order valence-electron chi connectivity index (χ4n) is 2.20. The van der Waals surface area contributed by atoms with E-state index in [0.717, 1.165) is 0 Å². The van der Waals surface area contributed by atoms with Crippen molar-refractivity contribution in [1.82, 2.24) is 10.6 Å². The van der Waals surface area contributed by atoms with Crippen molar-refractivity contribution in [2.24, 2.45) is 0 Å². The molecule has 0 spiro atoms. The molecule has 2 N–H and O–H groups in total. The van der Waals surface area contributed by atoms with Crippen molar-refractivity contribution in [2.75, 3.05) is 13.2 Å². The Morgan fingerprint density at radius 1 is 1.17 bits per heavy atom. The second-order valence-corrected chi connectivity index (χ2v) is 5.45. The van der Waals surface area contributed by atoms with E-state index in [0.29, 0.717) is 10.6 Å². The van der Waals surface area contributed by atoms with Crippen LogP contribution in [0.25, 0.3) is 0 Å². The number of carbonyl (C=O) groups is 3. The van der Waals surface area contributed by atoms with Gasteiger partial charge in [0.2, 0.25) is 0 Å². The molecule has 1 aliphatic rings. The van der Waals surface area contributed by atoms with E-state index in [1.54, 1.807) is 26.0 Å². The number of nitrogens with one attached hydrogen (secondary N) is 2. The molecule has 2 rings (SSSR count). The predicted molar refractivity (Wildman–Crippen MR) is 86.5 cm³/mol. The van der Waals surface area contributed by atoms with Crippen molar-refractivity contribution in [3.8, 4) is 0 Å². The molecule has 0 saturated carbocycles. The van der Waals surface area contributed by atoms with Gasteiger partial charge in [0.25, 0.3) is 0 Å². The Bertz CT molecular complexity index is 684. The van der Waals surface area contributed by atoms with Crippen LogP contribution in [0.5, 0.6) is 0 Å². The van der Waals surface area contributed by atoms with Crippen LogP contribution in [0.2, 0.25) is 5.02 Å². The van der Waals surface area contributed by atoms with E-state index in [1.165, 1.54) is 12.1 Å². The minimum absolute atomic E-state index is 0.195. The van der Waals surface area contributed by atoms with Crippen LogP contribution in [0.3, 0.4) is 0 Å². The van der Waals surface area contributed by atoms with Crippen molar-refractivity contribution in [3.63, 3.8) is 0 Å². The molecule has 0 unspecified atom stereocenters. The second kappa shape index (κ2) is 7.83. The number of halogens is 1. The molecular formula is C16H17ClN2O5. The van der Waals surface area contributed by atoms with Crippen LogP contribution in [-0.4, -0.2) is 37.2 Å². The molecule has 0 aliphatic carbocycles. The number of amides is 2. The molecule has 0 fully saturated rings. The average molecular weight is 353 g/mol. The van der Waals surface area contributed by atoms with E-state index in [9.17, 15) is 14.4 Å². The van der Waals surface area contributed by atoms with Gasteiger partial charge >= 0.3 is 18.0 Å². The molecule has 7 nitrogen and oxygen atoms in total. The maximum atomic E-state index is 12.1. The summed E-state index contributed by atoms with van der Waals surface area (Å²) in [6.45, 7) is 3.26. The van der Waals surface area contributed by atoms with Crippen molar-refractivity contribution in [1.29, 1.82) is 0 Å². The maximum Gasteiger partial charge on any atom is 0.338 e. The van der Waals surface area contributed by atoms with E-state index < -0.39 is 24.0 Å². The van der Waals surface area contributed by atoms with Gasteiger partial charge in [0, 0.05) is 5.02 Å². The van der Waals surface area contributed by atoms with Gasteiger partial charge in [0.05, 0.1) is 29.5 Å². The third kappa shape index (κ3) is 4.26. The highest BCUT2D eigenvalue weighted by atomic mass is 35.5. The number of carbonyl (C=O) groups excluding carboxylic acids is 3. The Morgan fingerprint density at radius 3 is 2.46 bits per heavy atom. The lowest BCUT2D eigenvalue weighted by Crippen LogP contribution is -2.50. The Morgan fingerprint density at radius 2 is 1.83 bits per heavy atom. The lowest BCUT2D eigenvalue weighted by Gasteiger charge is -2.26. The van der Waals surface area contributed by atoms with Crippen molar-refractivity contribution in [3.05, 3.63) is 46.1 Å². The minimum Gasteiger partial charge on any atom is -0.463 e. The van der Waals surface area contributed by atoms with Gasteiger partial charge in [-0.2, -0.15) is 0 Å². The first-order chi connectivity index (χ1) is 11.4. The molecule has 1 aromatic carbocycles. The number of urea groups is 1. The quantitative estimate of drug-likeness (QED) is 0.791. The van der Waals surface area contributed by atoms with Crippen LogP contribution in [-0.2, 0) is 14.3 Å². The molecular weight excluding hydrogens is 336 g/mol. The molecule has 0 saturated heterocycles. The normalized spacial score (nSPS) is 17.0. The Kier molecular flexibility index (Phi) is 5.81. The number of esters is 2. The van der Waals surface area contributed by atoms with Gasteiger partial charge in [-0.3, -0.25) is 0 Å². The molecule has 1 heterocycles. The summed E-state index contributed by atoms with van der Waals surface area (Å²) >= 11 is 5.77. The highest BCUT2D eigenvalue weighted by Crippen LogP contribution is 2.16. The fraction of sp³-hybridized carbons (Fsp3) is 0.312. The lowest BCUT2D eigenvalue weighted by atomic mass is 10.0. The van der Waals surface area contributed by atoms with Crippen LogP contribution in [0.15, 0.2) is 35.5 Å². The zero-order valence-electron chi connectivity index (χ0n) is 13.2. The van der Waals surface area contributed by atoms with E-state index >= 15 is 0 Å². The number of ether oxygens (including phenoxy) is 2. The summed E-state index contributed by atoms with van der Waals surface area (Å²) in [6, 6.07) is 5.14. The van der Waals surface area contributed by atoms with Crippen LogP contribution >= 0.6 is 11.6 Å². The summed E-state index contributed by atoms with van der Waals surface area (Å²) in [5.41, 5.74) is 0.735. The fourth-order valence-corrected chi connectivity index (χ4v) is 2.33. The molecule has 1 atom stereocenters. The Hall–Kier alpha value is -2.54. The van der Waals surface area contributed by atoms with Crippen LogP contribution in [0.1, 0.15) is 24.2 Å². The van der Waals surface area contributed by atoms with Crippen LogP contribution in [0.4, 0.5) is 4.79 Å². The molecule has 1 aromatic rings. The number of rotatable bonds is 5. The Labute approximate surface area is 144 Å². The van der Waals surface area contributed by atoms with Gasteiger partial charge in [0.1, 0.15) is 6.61 Å². The average Bonchev–Trinajstić information content (AvgIpc) is 2.52. The van der Waals surface area contributed by atoms with Gasteiger partial charge in [-0.05, 0) is 38.1 Å². The van der Waals surface area contributed by atoms with Crippen molar-refractivity contribution in [2.45, 2.75) is 19.9 Å². The third-order valence-corrected chi connectivity index (χ3v) is 3.54. The van der Waals surface area contributed by atoms with Crippen molar-refractivity contribution >= 4 is 29.6 Å². The largest absolute Gasteiger partial charge is 0.463 e. The summed E-state index contributed by atoms with van der Waals surface area (Å²) in [5, 5.41) is 5.54. The molecule has 24 heavy (non-hydrogen) atoms. The molecule has 1 aliphatic heterocycles. The monoisotopic (exact) mass is 352 g/mol. The Balaban J connectivity index is 2.15. The highest BCUT2D eigenvalue weighted by Gasteiger charge is 2.30. The summed E-state index contributed by atoms with van der Waals surface area (Å²) in [5.74, 6) is -1.17. The van der Waals surface area contributed by atoms with Crippen LogP contribution in [0, 0.1) is 0 Å². The van der Waals surface area contributed by atoms with Gasteiger partial charge in [-0.25, -0.2) is 14.4 Å². The molecule has 2 amide bonds. The molecule has 0 bridgehead atoms. The SMILES string of the molecule is CCOC(=O)C1=C(COC(=O)c2ccc(Cl)cc2)NC(=O)N[C@@H]1C. The maximum absolute atomic E-state index is 12.1. The first-order valence-electron chi connectivity index (χ1n) is 7.32. The topological polar surface area (TPSA) is 93.7 Å². The number of hydrogen-bond donors (Lipinski definition) is 2. The number of hydrogen-bond acceptors (Lipinski definition) is 5. The van der Waals surface area contributed by atoms with E-state index in [1.807, 2.05) is 0 Å². The standard InChI is InChI=1S/C16H17ClN2O5/c1-3-23-15(21)13-9(2)18-16(22)19-12(13)8-24-14(20)10-4-6-11(17)7-5-10/h4-7,9H,3,8H2,1-2H3,(H2,18,19,22)/t9-/m1/s1. The first kappa shape index (κ1) is 17.8. The summed E-state index contributed by atoms with van der Waals surface area (Å²) in [4.78, 5) is 35.7. The molecule has 0 aromatic heterocycles. The van der Waals surface area contributed by atoms with Crippen LogP contribution < -0.4 is 10.6 Å². The number of benzene rings is 1. The van der Waals surface area contributed by atoms with Crippen molar-refractivity contribution < 1.29 is 23.9 Å². The van der Waals surface area contributed by atoms with E-state index in [-0.39, 0.29) is 24.5 Å². The molecule has 0 radical (unpaired) electrons. The van der Waals surface area contributed by atoms with Gasteiger partial charge in [-0.1, -0.05) is 11.6 Å². The second-order valence-electron chi connectivity index (χ2n) is 5.02. The van der Waals surface area contributed by atoms with E-state index in [4.69, 9.17) is 21.1 Å². The lowest BCUT2D eigenvalue weighted by molar-refractivity contribution is -0.139. The van der Waals surface area contributed by atoms with Gasteiger partial charge < -0.3 is 20.1 Å². The molecule has 128 valence electrons. The zero-order valence-corrected chi connectivity index (χ0v) is 14.0. The van der Waals surface area contributed by atoms with E-state index in [2.05, 4.69) is 10.6 Å². The van der Waals surface area contributed by atoms with Gasteiger partial charge in [0.15, 0.2) is 0 Å². The summed E-state index contributed by atoms with van der Waals surface area (Å²) in [7, 11) is 0. The molecule has 8 heteroatoms. The third-order valence-electron chi connectivity index (χ3n) is 3.29. The summed E-state index contributed by atoms with van der Waals surface area (Å²) in [6.07, 6.45) is 0. The summed E-state index contributed by atoms with van der Waals surface area (Å²) < 4.78 is 10.2.